The first kappa shape index (κ1) is 19.0. The average Bonchev–Trinajstić information content (AvgIpc) is 2.62. The van der Waals surface area contributed by atoms with Crippen LogP contribution in [0, 0.1) is 0 Å². The number of hydrogen-bond donors (Lipinski definition) is 1. The van der Waals surface area contributed by atoms with E-state index in [0.29, 0.717) is 12.4 Å². The average molecular weight is 363 g/mol. The fourth-order valence-electron chi connectivity index (χ4n) is 2.30. The summed E-state index contributed by atoms with van der Waals surface area (Å²) in [5.41, 5.74) is 0.826. The molecule has 0 aliphatic carbocycles. The standard InChI is InChI=1S/C18H21NO5S/c1-3-24-15-9-11-16(12-10-15)25(21,22)19-17(18(20)23-2)13-14-7-5-4-6-8-14/h4-12,17,19H,3,13H2,1-2H3. The topological polar surface area (TPSA) is 81.7 Å². The summed E-state index contributed by atoms with van der Waals surface area (Å²) in [5.74, 6) is -0.0615. The highest BCUT2D eigenvalue weighted by molar-refractivity contribution is 7.89. The number of benzene rings is 2. The van der Waals surface area contributed by atoms with E-state index in [1.165, 1.54) is 19.2 Å². The van der Waals surface area contributed by atoms with Gasteiger partial charge in [-0.3, -0.25) is 4.79 Å². The molecule has 1 unspecified atom stereocenters. The van der Waals surface area contributed by atoms with E-state index in [2.05, 4.69) is 4.72 Å². The molecule has 0 heterocycles. The number of esters is 1. The Bertz CT molecular complexity index is 788. The second kappa shape index (κ2) is 8.64. The summed E-state index contributed by atoms with van der Waals surface area (Å²) in [6.07, 6.45) is 0.198. The molecule has 0 saturated carbocycles. The molecule has 2 aromatic rings. The van der Waals surface area contributed by atoms with Crippen LogP contribution in [0.2, 0.25) is 0 Å². The van der Waals surface area contributed by atoms with Gasteiger partial charge in [0.2, 0.25) is 10.0 Å². The predicted molar refractivity (Wildman–Crippen MR) is 93.9 cm³/mol. The highest BCUT2D eigenvalue weighted by Gasteiger charge is 2.26. The number of ether oxygens (including phenoxy) is 2. The van der Waals surface area contributed by atoms with Crippen LogP contribution in [0.15, 0.2) is 59.5 Å². The maximum atomic E-state index is 12.6. The molecule has 0 radical (unpaired) electrons. The summed E-state index contributed by atoms with van der Waals surface area (Å²) in [4.78, 5) is 12.0. The predicted octanol–water partition coefficient (Wildman–Crippen LogP) is 2.15. The zero-order valence-corrected chi connectivity index (χ0v) is 15.0. The molecule has 0 aliphatic heterocycles. The molecule has 0 saturated heterocycles. The Balaban J connectivity index is 2.19. The second-order valence-corrected chi connectivity index (χ2v) is 7.01. The van der Waals surface area contributed by atoms with Gasteiger partial charge in [-0.05, 0) is 43.2 Å². The van der Waals surface area contributed by atoms with Gasteiger partial charge in [0.15, 0.2) is 0 Å². The molecule has 7 heteroatoms. The zero-order chi connectivity index (χ0) is 18.3. The third kappa shape index (κ3) is 5.30. The van der Waals surface area contributed by atoms with Crippen LogP contribution in [-0.4, -0.2) is 34.1 Å². The third-order valence-corrected chi connectivity index (χ3v) is 5.00. The molecule has 1 atom stereocenters. The van der Waals surface area contributed by atoms with Crippen LogP contribution in [0.5, 0.6) is 5.75 Å². The van der Waals surface area contributed by atoms with E-state index < -0.39 is 22.0 Å². The molecule has 2 rings (SSSR count). The van der Waals surface area contributed by atoms with Crippen molar-refractivity contribution in [3.8, 4) is 5.75 Å². The van der Waals surface area contributed by atoms with E-state index in [1.54, 1.807) is 12.1 Å². The normalized spacial score (nSPS) is 12.4. The Morgan fingerprint density at radius 2 is 1.72 bits per heavy atom. The van der Waals surface area contributed by atoms with Crippen LogP contribution in [0.25, 0.3) is 0 Å². The summed E-state index contributed by atoms with van der Waals surface area (Å²) in [7, 11) is -2.65. The minimum atomic E-state index is -3.87. The fraction of sp³-hybridized carbons (Fsp3) is 0.278. The molecule has 1 N–H and O–H groups in total. The summed E-state index contributed by atoms with van der Waals surface area (Å²) < 4.78 is 37.6. The van der Waals surface area contributed by atoms with Crippen molar-refractivity contribution in [1.29, 1.82) is 0 Å². The lowest BCUT2D eigenvalue weighted by atomic mass is 10.1. The SMILES string of the molecule is CCOc1ccc(S(=O)(=O)NC(Cc2ccccc2)C(=O)OC)cc1. The Hall–Kier alpha value is -2.38. The maximum Gasteiger partial charge on any atom is 0.324 e. The number of carbonyl (C=O) groups is 1. The molecular weight excluding hydrogens is 342 g/mol. The van der Waals surface area contributed by atoms with Gasteiger partial charge < -0.3 is 9.47 Å². The van der Waals surface area contributed by atoms with Crippen molar-refractivity contribution in [2.75, 3.05) is 13.7 Å². The molecule has 0 bridgehead atoms. The van der Waals surface area contributed by atoms with Crippen LogP contribution in [-0.2, 0) is 26.0 Å². The van der Waals surface area contributed by atoms with Crippen molar-refractivity contribution in [2.45, 2.75) is 24.3 Å². The van der Waals surface area contributed by atoms with E-state index >= 15 is 0 Å². The minimum Gasteiger partial charge on any atom is -0.494 e. The number of nitrogens with one attached hydrogen (secondary N) is 1. The van der Waals surface area contributed by atoms with Crippen LogP contribution in [0.3, 0.4) is 0 Å². The maximum absolute atomic E-state index is 12.6. The number of methoxy groups -OCH3 is 1. The van der Waals surface area contributed by atoms with Crippen LogP contribution in [0.1, 0.15) is 12.5 Å². The second-order valence-electron chi connectivity index (χ2n) is 5.29. The Morgan fingerprint density at radius 3 is 2.28 bits per heavy atom. The first-order chi connectivity index (χ1) is 12.0. The molecule has 25 heavy (non-hydrogen) atoms. The summed E-state index contributed by atoms with van der Waals surface area (Å²) >= 11 is 0. The Morgan fingerprint density at radius 1 is 1.08 bits per heavy atom. The van der Waals surface area contributed by atoms with E-state index in [-0.39, 0.29) is 11.3 Å². The third-order valence-electron chi connectivity index (χ3n) is 3.51. The van der Waals surface area contributed by atoms with Gasteiger partial charge in [0.25, 0.3) is 0 Å². The van der Waals surface area contributed by atoms with Crippen molar-refractivity contribution in [3.05, 3.63) is 60.2 Å². The van der Waals surface area contributed by atoms with Crippen molar-refractivity contribution >= 4 is 16.0 Å². The van der Waals surface area contributed by atoms with Gasteiger partial charge >= 0.3 is 5.97 Å². The molecule has 0 spiro atoms. The Kier molecular flexibility index (Phi) is 6.55. The first-order valence-corrected chi connectivity index (χ1v) is 9.31. The van der Waals surface area contributed by atoms with E-state index in [1.807, 2.05) is 37.3 Å². The summed E-state index contributed by atoms with van der Waals surface area (Å²) in [5, 5.41) is 0. The fourth-order valence-corrected chi connectivity index (χ4v) is 3.49. The van der Waals surface area contributed by atoms with Crippen molar-refractivity contribution < 1.29 is 22.7 Å². The van der Waals surface area contributed by atoms with Crippen molar-refractivity contribution in [3.63, 3.8) is 0 Å². The van der Waals surface area contributed by atoms with Gasteiger partial charge in [-0.15, -0.1) is 0 Å². The van der Waals surface area contributed by atoms with Crippen molar-refractivity contribution in [2.24, 2.45) is 0 Å². The molecule has 0 aromatic heterocycles. The van der Waals surface area contributed by atoms with E-state index in [4.69, 9.17) is 9.47 Å². The zero-order valence-electron chi connectivity index (χ0n) is 14.1. The summed E-state index contributed by atoms with van der Waals surface area (Å²) in [6.45, 7) is 2.34. The van der Waals surface area contributed by atoms with Gasteiger partial charge in [-0.2, -0.15) is 4.72 Å². The van der Waals surface area contributed by atoms with Gasteiger partial charge in [0.05, 0.1) is 18.6 Å². The van der Waals surface area contributed by atoms with Crippen LogP contribution in [0.4, 0.5) is 0 Å². The first-order valence-electron chi connectivity index (χ1n) is 7.83. The molecule has 6 nitrogen and oxygen atoms in total. The molecule has 2 aromatic carbocycles. The number of rotatable bonds is 8. The molecule has 0 fully saturated rings. The van der Waals surface area contributed by atoms with Crippen LogP contribution >= 0.6 is 0 Å². The summed E-state index contributed by atoms with van der Waals surface area (Å²) in [6, 6.07) is 14.1. The largest absolute Gasteiger partial charge is 0.494 e. The molecular formula is C18H21NO5S. The van der Waals surface area contributed by atoms with E-state index in [0.717, 1.165) is 5.56 Å². The monoisotopic (exact) mass is 363 g/mol. The lowest BCUT2D eigenvalue weighted by Crippen LogP contribution is -2.42. The molecule has 0 amide bonds. The van der Waals surface area contributed by atoms with Crippen LogP contribution < -0.4 is 9.46 Å². The smallest absolute Gasteiger partial charge is 0.324 e. The van der Waals surface area contributed by atoms with Gasteiger partial charge in [-0.1, -0.05) is 30.3 Å². The molecule has 134 valence electrons. The van der Waals surface area contributed by atoms with Gasteiger partial charge in [0.1, 0.15) is 11.8 Å². The van der Waals surface area contributed by atoms with Gasteiger partial charge in [0, 0.05) is 0 Å². The molecule has 0 aliphatic rings. The Labute approximate surface area is 147 Å². The number of carbonyl (C=O) groups excluding carboxylic acids is 1. The highest BCUT2D eigenvalue weighted by Crippen LogP contribution is 2.17. The highest BCUT2D eigenvalue weighted by atomic mass is 32.2. The number of sulfonamides is 1. The lowest BCUT2D eigenvalue weighted by Gasteiger charge is -2.17. The quantitative estimate of drug-likeness (QED) is 0.727. The van der Waals surface area contributed by atoms with E-state index in [9.17, 15) is 13.2 Å². The number of hydrogen-bond acceptors (Lipinski definition) is 5. The van der Waals surface area contributed by atoms with Gasteiger partial charge in [-0.25, -0.2) is 8.42 Å². The minimum absolute atomic E-state index is 0.0536. The van der Waals surface area contributed by atoms with Crippen molar-refractivity contribution in [1.82, 2.24) is 4.72 Å². The lowest BCUT2D eigenvalue weighted by molar-refractivity contribution is -0.142.